The average molecular weight is 298 g/mol. The molecule has 0 unspecified atom stereocenters. The number of Topliss-reactive ketones (excluding diaryl/α,β-unsaturated/α-hetero) is 1. The molecule has 4 heteroatoms. The van der Waals surface area contributed by atoms with E-state index >= 15 is 0 Å². The maximum absolute atomic E-state index is 12.7. The number of carbonyl (C=O) groups excluding carboxylic acids is 1. The van der Waals surface area contributed by atoms with Crippen molar-refractivity contribution in [3.63, 3.8) is 0 Å². The summed E-state index contributed by atoms with van der Waals surface area (Å²) >= 11 is 7.26. The van der Waals surface area contributed by atoms with Crippen LogP contribution in [-0.4, -0.2) is 11.7 Å². The van der Waals surface area contributed by atoms with Gasteiger partial charge in [0.2, 0.25) is 0 Å². The van der Waals surface area contributed by atoms with E-state index in [1.807, 2.05) is 22.6 Å². The van der Waals surface area contributed by atoms with Crippen LogP contribution >= 0.6 is 34.2 Å². The molecule has 0 spiro atoms. The first-order chi connectivity index (χ1) is 5.63. The molecule has 0 aliphatic carbocycles. The van der Waals surface area contributed by atoms with E-state index in [1.165, 1.54) is 12.1 Å². The first-order valence-electron chi connectivity index (χ1n) is 3.18. The molecule has 0 aromatic heterocycles. The molecule has 0 saturated carbocycles. The second-order valence-corrected chi connectivity index (χ2v) is 3.73. The van der Waals surface area contributed by atoms with Crippen LogP contribution in [0.3, 0.4) is 0 Å². The number of rotatable bonds is 2. The van der Waals surface area contributed by atoms with Crippen molar-refractivity contribution in [2.24, 2.45) is 0 Å². The lowest BCUT2D eigenvalue weighted by Crippen LogP contribution is -2.01. The molecule has 0 saturated heterocycles. The molecule has 0 aliphatic rings. The molecule has 0 amide bonds. The number of hydrogen-bond acceptors (Lipinski definition) is 1. The molecular formula is C8H5ClFIO. The lowest BCUT2D eigenvalue weighted by atomic mass is 10.1. The number of ketones is 1. The van der Waals surface area contributed by atoms with Gasteiger partial charge in [0.15, 0.2) is 5.78 Å². The van der Waals surface area contributed by atoms with Crippen molar-refractivity contribution in [2.75, 3.05) is 5.88 Å². The lowest BCUT2D eigenvalue weighted by Gasteiger charge is -1.98. The van der Waals surface area contributed by atoms with Gasteiger partial charge < -0.3 is 0 Å². The molecule has 1 aromatic rings. The summed E-state index contributed by atoms with van der Waals surface area (Å²) in [7, 11) is 0. The maximum atomic E-state index is 12.7. The molecule has 64 valence electrons. The predicted octanol–water partition coefficient (Wildman–Crippen LogP) is 2.85. The normalized spacial score (nSPS) is 9.92. The smallest absolute Gasteiger partial charge is 0.177 e. The summed E-state index contributed by atoms with van der Waals surface area (Å²) in [6, 6.07) is 4.15. The Labute approximate surface area is 88.1 Å². The van der Waals surface area contributed by atoms with Crippen molar-refractivity contribution in [3.05, 3.63) is 33.1 Å². The molecule has 1 rings (SSSR count). The highest BCUT2D eigenvalue weighted by atomic mass is 127. The summed E-state index contributed by atoms with van der Waals surface area (Å²) in [4.78, 5) is 11.0. The zero-order valence-corrected chi connectivity index (χ0v) is 8.89. The van der Waals surface area contributed by atoms with Crippen molar-refractivity contribution in [3.8, 4) is 0 Å². The van der Waals surface area contributed by atoms with E-state index in [4.69, 9.17) is 11.6 Å². The van der Waals surface area contributed by atoms with E-state index in [0.29, 0.717) is 9.13 Å². The zero-order valence-electron chi connectivity index (χ0n) is 5.98. The monoisotopic (exact) mass is 298 g/mol. The fraction of sp³-hybridized carbons (Fsp3) is 0.125. The topological polar surface area (TPSA) is 17.1 Å². The molecule has 0 bridgehead atoms. The van der Waals surface area contributed by atoms with E-state index in [2.05, 4.69) is 0 Å². The van der Waals surface area contributed by atoms with Gasteiger partial charge in [-0.15, -0.1) is 11.6 Å². The minimum Gasteiger partial charge on any atom is -0.293 e. The van der Waals surface area contributed by atoms with Gasteiger partial charge in [0, 0.05) is 9.13 Å². The predicted molar refractivity (Wildman–Crippen MR) is 54.2 cm³/mol. The minimum atomic E-state index is -0.407. The molecule has 0 fully saturated rings. The largest absolute Gasteiger partial charge is 0.293 e. The zero-order chi connectivity index (χ0) is 9.14. The van der Waals surface area contributed by atoms with Gasteiger partial charge in [0.1, 0.15) is 5.82 Å². The fourth-order valence-corrected chi connectivity index (χ4v) is 1.58. The number of carbonyl (C=O) groups is 1. The van der Waals surface area contributed by atoms with Crippen LogP contribution in [0.2, 0.25) is 0 Å². The van der Waals surface area contributed by atoms with Crippen molar-refractivity contribution in [1.29, 1.82) is 0 Å². The van der Waals surface area contributed by atoms with Crippen LogP contribution in [0.15, 0.2) is 18.2 Å². The standard InChI is InChI=1S/C8H5ClFIO/c9-4-8(12)5-1-6(10)3-7(11)2-5/h1-3H,4H2. The van der Waals surface area contributed by atoms with Gasteiger partial charge in [-0.25, -0.2) is 4.39 Å². The SMILES string of the molecule is O=C(CCl)c1cc(F)cc(I)c1. The van der Waals surface area contributed by atoms with Crippen molar-refractivity contribution in [2.45, 2.75) is 0 Å². The van der Waals surface area contributed by atoms with Crippen LogP contribution in [0.25, 0.3) is 0 Å². The Hall–Kier alpha value is -0.160. The van der Waals surface area contributed by atoms with Crippen LogP contribution < -0.4 is 0 Å². The quantitative estimate of drug-likeness (QED) is 0.466. The molecule has 0 N–H and O–H groups in total. The second kappa shape index (κ2) is 4.18. The number of benzene rings is 1. The number of alkyl halides is 1. The molecule has 1 nitrogen and oxygen atoms in total. The van der Waals surface area contributed by atoms with Crippen LogP contribution in [0, 0.1) is 9.39 Å². The fourth-order valence-electron chi connectivity index (χ4n) is 0.792. The van der Waals surface area contributed by atoms with Gasteiger partial charge in [-0.2, -0.15) is 0 Å². The Balaban J connectivity index is 3.08. The summed E-state index contributed by atoms with van der Waals surface area (Å²) in [5.74, 6) is -0.774. The van der Waals surface area contributed by atoms with Crippen LogP contribution in [0.4, 0.5) is 4.39 Å². The van der Waals surface area contributed by atoms with Crippen molar-refractivity contribution >= 4 is 40.0 Å². The minimum absolute atomic E-state index is 0.112. The third-order valence-electron chi connectivity index (χ3n) is 1.31. The summed E-state index contributed by atoms with van der Waals surface area (Å²) < 4.78 is 13.4. The van der Waals surface area contributed by atoms with Gasteiger partial charge in [0.05, 0.1) is 5.88 Å². The van der Waals surface area contributed by atoms with E-state index in [0.717, 1.165) is 0 Å². The van der Waals surface area contributed by atoms with Gasteiger partial charge in [-0.1, -0.05) is 0 Å². The Morgan fingerprint density at radius 2 is 2.17 bits per heavy atom. The third-order valence-corrected chi connectivity index (χ3v) is 2.17. The van der Waals surface area contributed by atoms with Gasteiger partial charge in [-0.05, 0) is 40.8 Å². The first-order valence-corrected chi connectivity index (χ1v) is 4.80. The number of hydrogen-bond donors (Lipinski definition) is 0. The molecule has 1 aromatic carbocycles. The summed E-state index contributed by atoms with van der Waals surface area (Å²) in [5, 5.41) is 0. The second-order valence-electron chi connectivity index (χ2n) is 2.21. The molecule has 0 radical (unpaired) electrons. The van der Waals surface area contributed by atoms with E-state index in [9.17, 15) is 9.18 Å². The molecule has 0 aliphatic heterocycles. The highest BCUT2D eigenvalue weighted by molar-refractivity contribution is 14.1. The lowest BCUT2D eigenvalue weighted by molar-refractivity contribution is 0.102. The highest BCUT2D eigenvalue weighted by Crippen LogP contribution is 2.12. The van der Waals surface area contributed by atoms with E-state index in [-0.39, 0.29) is 11.7 Å². The Kier molecular flexibility index (Phi) is 3.46. The maximum Gasteiger partial charge on any atom is 0.177 e. The van der Waals surface area contributed by atoms with Gasteiger partial charge in [-0.3, -0.25) is 4.79 Å². The highest BCUT2D eigenvalue weighted by Gasteiger charge is 2.06. The summed E-state index contributed by atoms with van der Waals surface area (Å²) in [5.41, 5.74) is 0.328. The van der Waals surface area contributed by atoms with Crippen molar-refractivity contribution in [1.82, 2.24) is 0 Å². The Bertz CT molecular complexity index is 294. The molecular weight excluding hydrogens is 293 g/mol. The van der Waals surface area contributed by atoms with Crippen molar-refractivity contribution < 1.29 is 9.18 Å². The van der Waals surface area contributed by atoms with Gasteiger partial charge in [0.25, 0.3) is 0 Å². The van der Waals surface area contributed by atoms with Gasteiger partial charge >= 0.3 is 0 Å². The number of halogens is 3. The first kappa shape index (κ1) is 9.92. The molecule has 0 atom stereocenters. The average Bonchev–Trinajstić information content (AvgIpc) is 2.01. The van der Waals surface area contributed by atoms with E-state index < -0.39 is 5.82 Å². The molecule has 0 heterocycles. The summed E-state index contributed by atoms with van der Waals surface area (Å²) in [6.07, 6.45) is 0. The van der Waals surface area contributed by atoms with E-state index in [1.54, 1.807) is 6.07 Å². The van der Waals surface area contributed by atoms with Crippen LogP contribution in [0.5, 0.6) is 0 Å². The van der Waals surface area contributed by atoms with Crippen LogP contribution in [-0.2, 0) is 0 Å². The summed E-state index contributed by atoms with van der Waals surface area (Å²) in [6.45, 7) is 0. The Morgan fingerprint density at radius 1 is 1.50 bits per heavy atom. The van der Waals surface area contributed by atoms with Crippen LogP contribution in [0.1, 0.15) is 10.4 Å². The Morgan fingerprint density at radius 3 is 2.67 bits per heavy atom. The third kappa shape index (κ3) is 2.42. The molecule has 12 heavy (non-hydrogen) atoms.